The summed E-state index contributed by atoms with van der Waals surface area (Å²) in [7, 11) is 0. The van der Waals surface area contributed by atoms with Crippen LogP contribution in [0.5, 0.6) is 0 Å². The van der Waals surface area contributed by atoms with E-state index in [0.29, 0.717) is 0 Å². The number of hydrogen-bond acceptors (Lipinski definition) is 2. The molecule has 0 saturated heterocycles. The van der Waals surface area contributed by atoms with Gasteiger partial charge in [0.25, 0.3) is 0 Å². The summed E-state index contributed by atoms with van der Waals surface area (Å²) < 4.78 is 17.8. The van der Waals surface area contributed by atoms with E-state index in [1.807, 2.05) is 0 Å². The maximum atomic E-state index is 13.2. The van der Waals surface area contributed by atoms with Crippen LogP contribution in [0.3, 0.4) is 0 Å². The van der Waals surface area contributed by atoms with Gasteiger partial charge in [0.05, 0.1) is 6.61 Å². The second-order valence-corrected chi connectivity index (χ2v) is 3.20. The fourth-order valence-electron chi connectivity index (χ4n) is 1.66. The summed E-state index contributed by atoms with van der Waals surface area (Å²) in [6, 6.07) is 0. The number of carbonyl (C=O) groups excluding carboxylic acids is 1. The van der Waals surface area contributed by atoms with Crippen molar-refractivity contribution in [3.63, 3.8) is 0 Å². The zero-order chi connectivity index (χ0) is 8.97. The Morgan fingerprint density at radius 3 is 2.67 bits per heavy atom. The van der Waals surface area contributed by atoms with E-state index >= 15 is 0 Å². The van der Waals surface area contributed by atoms with Crippen LogP contribution < -0.4 is 0 Å². The molecule has 0 aliphatic heterocycles. The summed E-state index contributed by atoms with van der Waals surface area (Å²) in [4.78, 5) is 10.9. The van der Waals surface area contributed by atoms with Gasteiger partial charge in [-0.3, -0.25) is 0 Å². The minimum absolute atomic E-state index is 0.0796. The van der Waals surface area contributed by atoms with Gasteiger partial charge in [0.2, 0.25) is 0 Å². The molecule has 0 N–H and O–H groups in total. The molecule has 1 aliphatic carbocycles. The zero-order valence-corrected chi connectivity index (χ0v) is 7.38. The molecular formula is C9H15FO2. The molecule has 0 amide bonds. The lowest BCUT2D eigenvalue weighted by molar-refractivity contribution is -0.151. The van der Waals surface area contributed by atoms with Crippen LogP contribution in [0.1, 0.15) is 32.6 Å². The molecule has 0 radical (unpaired) electrons. The second kappa shape index (κ2) is 4.43. The number of carbonyl (C=O) groups is 1. The van der Waals surface area contributed by atoms with Gasteiger partial charge in [0.1, 0.15) is 0 Å². The molecule has 70 valence electrons. The number of ether oxygens (including phenoxy) is 1. The van der Waals surface area contributed by atoms with Gasteiger partial charge in [0, 0.05) is 5.92 Å². The predicted molar refractivity (Wildman–Crippen MR) is 43.5 cm³/mol. The molecule has 1 rings (SSSR count). The molecule has 1 fully saturated rings. The monoisotopic (exact) mass is 174 g/mol. The molecule has 0 aromatic carbocycles. The van der Waals surface area contributed by atoms with Crippen LogP contribution in [0.15, 0.2) is 0 Å². The molecule has 0 unspecified atom stereocenters. The third-order valence-electron chi connectivity index (χ3n) is 2.33. The highest BCUT2D eigenvalue weighted by molar-refractivity contribution is 5.74. The van der Waals surface area contributed by atoms with Gasteiger partial charge in [-0.05, 0) is 19.8 Å². The fourth-order valence-corrected chi connectivity index (χ4v) is 1.66. The molecule has 12 heavy (non-hydrogen) atoms. The summed E-state index contributed by atoms with van der Waals surface area (Å²) in [5.41, 5.74) is 0. The second-order valence-electron chi connectivity index (χ2n) is 3.20. The van der Waals surface area contributed by atoms with E-state index in [4.69, 9.17) is 0 Å². The van der Waals surface area contributed by atoms with Gasteiger partial charge in [-0.2, -0.15) is 0 Å². The highest BCUT2D eigenvalue weighted by Crippen LogP contribution is 2.29. The maximum absolute atomic E-state index is 13.2. The number of esters is 1. The minimum atomic E-state index is -1.38. The minimum Gasteiger partial charge on any atom is -0.464 e. The lowest BCUT2D eigenvalue weighted by Gasteiger charge is -2.12. The van der Waals surface area contributed by atoms with Crippen LogP contribution in [-0.4, -0.2) is 18.7 Å². The van der Waals surface area contributed by atoms with Crippen molar-refractivity contribution in [1.82, 2.24) is 0 Å². The Balaban J connectivity index is 2.34. The first-order valence-corrected chi connectivity index (χ1v) is 4.56. The van der Waals surface area contributed by atoms with Gasteiger partial charge in [0.15, 0.2) is 6.17 Å². The van der Waals surface area contributed by atoms with E-state index in [2.05, 4.69) is 4.74 Å². The van der Waals surface area contributed by atoms with E-state index in [1.54, 1.807) is 6.92 Å². The van der Waals surface area contributed by atoms with Crippen LogP contribution in [0.4, 0.5) is 4.39 Å². The quantitative estimate of drug-likeness (QED) is 0.612. The number of alkyl halides is 1. The molecule has 1 aliphatic rings. The summed E-state index contributed by atoms with van der Waals surface area (Å²) in [6.45, 7) is 1.96. The SMILES string of the molecule is CCOC(=O)[C@@H](F)C1CCCC1. The number of halogens is 1. The number of hydrogen-bond donors (Lipinski definition) is 0. The first-order chi connectivity index (χ1) is 5.75. The van der Waals surface area contributed by atoms with Gasteiger partial charge in [-0.1, -0.05) is 12.8 Å². The Hall–Kier alpha value is -0.600. The lowest BCUT2D eigenvalue weighted by atomic mass is 10.0. The van der Waals surface area contributed by atoms with Crippen LogP contribution in [0.2, 0.25) is 0 Å². The largest absolute Gasteiger partial charge is 0.464 e. The molecule has 1 saturated carbocycles. The number of rotatable bonds is 3. The molecule has 2 nitrogen and oxygen atoms in total. The van der Waals surface area contributed by atoms with Gasteiger partial charge < -0.3 is 4.74 Å². The topological polar surface area (TPSA) is 26.3 Å². The molecule has 3 heteroatoms. The van der Waals surface area contributed by atoms with Gasteiger partial charge in [-0.15, -0.1) is 0 Å². The maximum Gasteiger partial charge on any atom is 0.341 e. The highest BCUT2D eigenvalue weighted by Gasteiger charge is 2.31. The van der Waals surface area contributed by atoms with Gasteiger partial charge >= 0.3 is 5.97 Å². The third kappa shape index (κ3) is 2.19. The predicted octanol–water partition coefficient (Wildman–Crippen LogP) is 2.08. The molecule has 0 heterocycles. The van der Waals surface area contributed by atoms with E-state index in [0.717, 1.165) is 25.7 Å². The van der Waals surface area contributed by atoms with Crippen molar-refractivity contribution in [2.45, 2.75) is 38.8 Å². The molecule has 0 aromatic rings. The van der Waals surface area contributed by atoms with Crippen molar-refractivity contribution in [3.05, 3.63) is 0 Å². The zero-order valence-electron chi connectivity index (χ0n) is 7.38. The fraction of sp³-hybridized carbons (Fsp3) is 0.889. The van der Waals surface area contributed by atoms with Crippen molar-refractivity contribution in [2.75, 3.05) is 6.61 Å². The van der Waals surface area contributed by atoms with Crippen molar-refractivity contribution in [2.24, 2.45) is 5.92 Å². The summed E-state index contributed by atoms with van der Waals surface area (Å²) in [5, 5.41) is 0. The third-order valence-corrected chi connectivity index (χ3v) is 2.33. The average molecular weight is 174 g/mol. The van der Waals surface area contributed by atoms with Crippen molar-refractivity contribution in [3.8, 4) is 0 Å². The molecular weight excluding hydrogens is 159 g/mol. The smallest absolute Gasteiger partial charge is 0.341 e. The average Bonchev–Trinajstić information content (AvgIpc) is 2.55. The summed E-state index contributed by atoms with van der Waals surface area (Å²) in [6.07, 6.45) is 2.38. The Morgan fingerprint density at radius 2 is 2.17 bits per heavy atom. The van der Waals surface area contributed by atoms with E-state index in [-0.39, 0.29) is 12.5 Å². The van der Waals surface area contributed by atoms with Crippen molar-refractivity contribution < 1.29 is 13.9 Å². The van der Waals surface area contributed by atoms with E-state index in [1.165, 1.54) is 0 Å². The van der Waals surface area contributed by atoms with Crippen LogP contribution in [0, 0.1) is 5.92 Å². The van der Waals surface area contributed by atoms with Crippen LogP contribution >= 0.6 is 0 Å². The van der Waals surface area contributed by atoms with E-state index < -0.39 is 12.1 Å². The first-order valence-electron chi connectivity index (χ1n) is 4.56. The summed E-state index contributed by atoms with van der Waals surface area (Å²) in [5.74, 6) is -0.756. The Labute approximate surface area is 72.1 Å². The van der Waals surface area contributed by atoms with E-state index in [9.17, 15) is 9.18 Å². The first kappa shape index (κ1) is 9.49. The molecule has 0 bridgehead atoms. The van der Waals surface area contributed by atoms with Crippen molar-refractivity contribution >= 4 is 5.97 Å². The Morgan fingerprint density at radius 1 is 1.58 bits per heavy atom. The normalized spacial score (nSPS) is 20.8. The van der Waals surface area contributed by atoms with Gasteiger partial charge in [-0.25, -0.2) is 9.18 Å². The summed E-state index contributed by atoms with van der Waals surface area (Å²) >= 11 is 0. The standard InChI is InChI=1S/C9H15FO2/c1-2-12-9(11)8(10)7-5-3-4-6-7/h7-8H,2-6H2,1H3/t8-/m0/s1. The van der Waals surface area contributed by atoms with Crippen LogP contribution in [-0.2, 0) is 9.53 Å². The Kier molecular flexibility index (Phi) is 3.50. The molecule has 0 spiro atoms. The van der Waals surface area contributed by atoms with Crippen molar-refractivity contribution in [1.29, 1.82) is 0 Å². The molecule has 1 atom stereocenters. The lowest BCUT2D eigenvalue weighted by Crippen LogP contribution is -2.25. The highest BCUT2D eigenvalue weighted by atomic mass is 19.1. The Bertz CT molecular complexity index is 153. The molecule has 0 aromatic heterocycles. The van der Waals surface area contributed by atoms with Crippen LogP contribution in [0.25, 0.3) is 0 Å².